The maximum absolute atomic E-state index is 9.51. The minimum absolute atomic E-state index is 0.508. The Balaban J connectivity index is 1.79. The van der Waals surface area contributed by atoms with Gasteiger partial charge in [0, 0.05) is 32.0 Å². The van der Waals surface area contributed by atoms with Gasteiger partial charge in [-0.3, -0.25) is 4.90 Å². The van der Waals surface area contributed by atoms with Crippen molar-refractivity contribution in [2.75, 3.05) is 13.1 Å². The number of aromatic nitrogens is 2. The smallest absolute Gasteiger partial charge is 0.137 e. The molecule has 1 aliphatic heterocycles. The van der Waals surface area contributed by atoms with E-state index in [1.165, 1.54) is 5.56 Å². The Bertz CT molecular complexity index is 556. The van der Waals surface area contributed by atoms with E-state index in [-0.39, 0.29) is 0 Å². The number of hydrogen-bond donors (Lipinski definition) is 2. The standard InChI is InChI=1S/C13H17N3O2/c1-9-2-3-13-14-10(6-16(13)4-9)5-15-7-11(17)12(18)8-15/h2-4,6,11-12,17-18H,5,7-8H2,1H3. The zero-order valence-electron chi connectivity index (χ0n) is 10.3. The molecule has 1 aliphatic rings. The number of hydrogen-bond acceptors (Lipinski definition) is 4. The van der Waals surface area contributed by atoms with Crippen LogP contribution in [0, 0.1) is 6.92 Å². The van der Waals surface area contributed by atoms with Crippen LogP contribution in [0.25, 0.3) is 5.65 Å². The van der Waals surface area contributed by atoms with Gasteiger partial charge < -0.3 is 14.6 Å². The van der Waals surface area contributed by atoms with Gasteiger partial charge in [-0.05, 0) is 18.6 Å². The summed E-state index contributed by atoms with van der Waals surface area (Å²) >= 11 is 0. The Hall–Kier alpha value is -1.43. The SMILES string of the molecule is Cc1ccc2nc(CN3CC(O)C(O)C3)cn2c1. The molecule has 3 rings (SSSR count). The summed E-state index contributed by atoms with van der Waals surface area (Å²) in [4.78, 5) is 6.54. The molecule has 5 nitrogen and oxygen atoms in total. The predicted octanol–water partition coefficient (Wildman–Crippen LogP) is 0.180. The molecular weight excluding hydrogens is 230 g/mol. The zero-order valence-corrected chi connectivity index (χ0v) is 10.3. The highest BCUT2D eigenvalue weighted by Crippen LogP contribution is 2.14. The Labute approximate surface area is 105 Å². The first-order chi connectivity index (χ1) is 8.61. The molecule has 0 spiro atoms. The molecule has 2 N–H and O–H groups in total. The van der Waals surface area contributed by atoms with Crippen LogP contribution in [0.3, 0.4) is 0 Å². The van der Waals surface area contributed by atoms with Crippen LogP contribution >= 0.6 is 0 Å². The molecule has 2 unspecified atom stereocenters. The maximum Gasteiger partial charge on any atom is 0.137 e. The number of aryl methyl sites for hydroxylation is 1. The number of nitrogens with zero attached hydrogens (tertiary/aromatic N) is 3. The van der Waals surface area contributed by atoms with Gasteiger partial charge >= 0.3 is 0 Å². The van der Waals surface area contributed by atoms with E-state index in [0.717, 1.165) is 11.3 Å². The van der Waals surface area contributed by atoms with E-state index in [9.17, 15) is 10.2 Å². The number of likely N-dealkylation sites (tertiary alicyclic amines) is 1. The van der Waals surface area contributed by atoms with Crippen molar-refractivity contribution in [1.82, 2.24) is 14.3 Å². The topological polar surface area (TPSA) is 61.0 Å². The van der Waals surface area contributed by atoms with E-state index >= 15 is 0 Å². The molecular formula is C13H17N3O2. The molecule has 0 radical (unpaired) electrons. The molecule has 18 heavy (non-hydrogen) atoms. The highest BCUT2D eigenvalue weighted by Gasteiger charge is 2.29. The maximum atomic E-state index is 9.51. The highest BCUT2D eigenvalue weighted by atomic mass is 16.3. The van der Waals surface area contributed by atoms with Crippen LogP contribution in [0.2, 0.25) is 0 Å². The number of imidazole rings is 1. The molecule has 5 heteroatoms. The average molecular weight is 247 g/mol. The number of β-amino-alcohol motifs (C(OH)–C–C–N with tert-alkyl or cyclic N) is 2. The summed E-state index contributed by atoms with van der Waals surface area (Å²) in [6.45, 7) is 3.73. The Morgan fingerprint density at radius 2 is 1.94 bits per heavy atom. The molecule has 3 heterocycles. The van der Waals surface area contributed by atoms with E-state index < -0.39 is 12.2 Å². The fraction of sp³-hybridized carbons (Fsp3) is 0.462. The van der Waals surface area contributed by atoms with Crippen LogP contribution in [0.15, 0.2) is 24.5 Å². The predicted molar refractivity (Wildman–Crippen MR) is 67.2 cm³/mol. The molecule has 1 fully saturated rings. The fourth-order valence-electron chi connectivity index (χ4n) is 2.44. The first kappa shape index (κ1) is 11.6. The summed E-state index contributed by atoms with van der Waals surface area (Å²) in [5, 5.41) is 19.0. The molecule has 0 saturated carbocycles. The molecule has 0 aromatic carbocycles. The summed E-state index contributed by atoms with van der Waals surface area (Å²) in [5.41, 5.74) is 3.08. The summed E-state index contributed by atoms with van der Waals surface area (Å²) < 4.78 is 2.01. The lowest BCUT2D eigenvalue weighted by molar-refractivity contribution is 0.0572. The first-order valence-electron chi connectivity index (χ1n) is 6.14. The number of rotatable bonds is 2. The van der Waals surface area contributed by atoms with Gasteiger partial charge in [-0.2, -0.15) is 0 Å². The van der Waals surface area contributed by atoms with Crippen molar-refractivity contribution in [3.05, 3.63) is 35.8 Å². The van der Waals surface area contributed by atoms with Crippen LogP contribution < -0.4 is 0 Å². The highest BCUT2D eigenvalue weighted by molar-refractivity contribution is 5.41. The third-order valence-electron chi connectivity index (χ3n) is 3.37. The van der Waals surface area contributed by atoms with E-state index in [1.807, 2.05) is 40.8 Å². The van der Waals surface area contributed by atoms with Crippen LogP contribution in [0.1, 0.15) is 11.3 Å². The van der Waals surface area contributed by atoms with Gasteiger partial charge in [0.2, 0.25) is 0 Å². The summed E-state index contributed by atoms with van der Waals surface area (Å²) in [6.07, 6.45) is 2.77. The minimum Gasteiger partial charge on any atom is -0.389 e. The first-order valence-corrected chi connectivity index (χ1v) is 6.14. The monoisotopic (exact) mass is 247 g/mol. The molecule has 2 atom stereocenters. The van der Waals surface area contributed by atoms with Crippen molar-refractivity contribution in [1.29, 1.82) is 0 Å². The van der Waals surface area contributed by atoms with Gasteiger partial charge in [0.15, 0.2) is 0 Å². The minimum atomic E-state index is -0.635. The quantitative estimate of drug-likeness (QED) is 0.795. The van der Waals surface area contributed by atoms with Gasteiger partial charge in [-0.25, -0.2) is 4.98 Å². The van der Waals surface area contributed by atoms with E-state index in [1.54, 1.807) is 0 Å². The molecule has 1 saturated heterocycles. The van der Waals surface area contributed by atoms with Gasteiger partial charge in [-0.15, -0.1) is 0 Å². The third-order valence-corrected chi connectivity index (χ3v) is 3.37. The molecule has 0 amide bonds. The van der Waals surface area contributed by atoms with Crippen molar-refractivity contribution in [3.8, 4) is 0 Å². The lowest BCUT2D eigenvalue weighted by Gasteiger charge is -2.11. The molecule has 0 bridgehead atoms. The Kier molecular flexibility index (Phi) is 2.81. The van der Waals surface area contributed by atoms with Crippen molar-refractivity contribution >= 4 is 5.65 Å². The Morgan fingerprint density at radius 1 is 1.22 bits per heavy atom. The van der Waals surface area contributed by atoms with Crippen molar-refractivity contribution in [2.45, 2.75) is 25.7 Å². The van der Waals surface area contributed by atoms with Crippen molar-refractivity contribution < 1.29 is 10.2 Å². The summed E-state index contributed by atoms with van der Waals surface area (Å²) in [5.74, 6) is 0. The van der Waals surface area contributed by atoms with Gasteiger partial charge in [0.05, 0.1) is 17.9 Å². The third kappa shape index (κ3) is 2.12. The van der Waals surface area contributed by atoms with Crippen LogP contribution in [0.4, 0.5) is 0 Å². The molecule has 96 valence electrons. The van der Waals surface area contributed by atoms with Crippen LogP contribution in [0.5, 0.6) is 0 Å². The second-order valence-corrected chi connectivity index (χ2v) is 5.03. The number of aliphatic hydroxyl groups is 2. The number of aliphatic hydroxyl groups excluding tert-OH is 2. The second kappa shape index (κ2) is 4.35. The molecule has 2 aromatic rings. The number of fused-ring (bicyclic) bond motifs is 1. The Morgan fingerprint density at radius 3 is 2.67 bits per heavy atom. The normalized spacial score (nSPS) is 25.1. The molecule has 2 aromatic heterocycles. The van der Waals surface area contributed by atoms with E-state index in [4.69, 9.17) is 0 Å². The average Bonchev–Trinajstić information content (AvgIpc) is 2.82. The fourth-order valence-corrected chi connectivity index (χ4v) is 2.44. The summed E-state index contributed by atoms with van der Waals surface area (Å²) in [7, 11) is 0. The van der Waals surface area contributed by atoms with Gasteiger partial charge in [-0.1, -0.05) is 6.07 Å². The van der Waals surface area contributed by atoms with Crippen molar-refractivity contribution in [2.24, 2.45) is 0 Å². The van der Waals surface area contributed by atoms with Crippen LogP contribution in [-0.2, 0) is 6.54 Å². The van der Waals surface area contributed by atoms with Crippen molar-refractivity contribution in [3.63, 3.8) is 0 Å². The molecule has 0 aliphatic carbocycles. The van der Waals surface area contributed by atoms with E-state index in [2.05, 4.69) is 4.98 Å². The zero-order chi connectivity index (χ0) is 12.7. The largest absolute Gasteiger partial charge is 0.389 e. The van der Waals surface area contributed by atoms with Gasteiger partial charge in [0.25, 0.3) is 0 Å². The number of pyridine rings is 1. The van der Waals surface area contributed by atoms with E-state index in [0.29, 0.717) is 19.6 Å². The summed E-state index contributed by atoms with van der Waals surface area (Å²) in [6, 6.07) is 4.03. The lowest BCUT2D eigenvalue weighted by Crippen LogP contribution is -2.22. The second-order valence-electron chi connectivity index (χ2n) is 5.03. The van der Waals surface area contributed by atoms with Crippen LogP contribution in [-0.4, -0.2) is 49.8 Å². The lowest BCUT2D eigenvalue weighted by atomic mass is 10.3. The van der Waals surface area contributed by atoms with Gasteiger partial charge in [0.1, 0.15) is 5.65 Å².